The molecule has 0 aromatic carbocycles. The zero-order valence-electron chi connectivity index (χ0n) is 12.3. The number of aryl methyl sites for hydroxylation is 2. The van der Waals surface area contributed by atoms with Gasteiger partial charge in [0.15, 0.2) is 0 Å². The highest BCUT2D eigenvalue weighted by molar-refractivity contribution is 5.46. The average molecular weight is 281 g/mol. The number of aliphatic hydroxyl groups excluding tert-OH is 1. The van der Waals surface area contributed by atoms with Crippen molar-refractivity contribution in [1.82, 2.24) is 9.97 Å². The molecule has 2 N–H and O–H groups in total. The molecule has 6 nitrogen and oxygen atoms in total. The molecular formula is C14H23N3O3. The minimum Gasteiger partial charge on any atom is -0.394 e. The van der Waals surface area contributed by atoms with Crippen LogP contribution in [-0.2, 0) is 9.47 Å². The van der Waals surface area contributed by atoms with Gasteiger partial charge in [-0.25, -0.2) is 9.97 Å². The minimum atomic E-state index is -0.0640. The Morgan fingerprint density at radius 3 is 2.90 bits per heavy atom. The van der Waals surface area contributed by atoms with E-state index < -0.39 is 0 Å². The summed E-state index contributed by atoms with van der Waals surface area (Å²) in [5.74, 6) is 1.62. The van der Waals surface area contributed by atoms with Crippen molar-refractivity contribution >= 4 is 5.82 Å². The second-order valence-corrected chi connectivity index (χ2v) is 5.08. The van der Waals surface area contributed by atoms with Crippen LogP contribution >= 0.6 is 0 Å². The van der Waals surface area contributed by atoms with E-state index >= 15 is 0 Å². The molecule has 0 aliphatic carbocycles. The standard InChI is InChI=1S/C14H23N3O3/c1-9-10(2)15-11(3)16-14(9)17-12-4-6-19-8-13(12)20-7-5-18/h12-13,18H,4-8H2,1-3H3,(H,15,16,17)/t12-,13-/m1/s1. The predicted molar refractivity (Wildman–Crippen MR) is 75.9 cm³/mol. The molecule has 0 radical (unpaired) electrons. The van der Waals surface area contributed by atoms with Gasteiger partial charge in [0.05, 0.1) is 25.9 Å². The zero-order chi connectivity index (χ0) is 14.5. The molecule has 1 aliphatic rings. The van der Waals surface area contributed by atoms with Gasteiger partial charge < -0.3 is 19.9 Å². The number of ether oxygens (including phenoxy) is 2. The van der Waals surface area contributed by atoms with Crippen molar-refractivity contribution in [1.29, 1.82) is 0 Å². The van der Waals surface area contributed by atoms with E-state index in [4.69, 9.17) is 14.6 Å². The Kier molecular flexibility index (Phi) is 5.28. The van der Waals surface area contributed by atoms with Crippen LogP contribution in [0.5, 0.6) is 0 Å². The number of hydrogen-bond acceptors (Lipinski definition) is 6. The van der Waals surface area contributed by atoms with E-state index in [0.29, 0.717) is 19.8 Å². The van der Waals surface area contributed by atoms with Crippen LogP contribution in [0, 0.1) is 20.8 Å². The quantitative estimate of drug-likeness (QED) is 0.838. The van der Waals surface area contributed by atoms with Crippen molar-refractivity contribution in [3.63, 3.8) is 0 Å². The first-order valence-corrected chi connectivity index (χ1v) is 7.00. The van der Waals surface area contributed by atoms with E-state index in [1.807, 2.05) is 20.8 Å². The summed E-state index contributed by atoms with van der Waals surface area (Å²) >= 11 is 0. The normalized spacial score (nSPS) is 22.8. The number of nitrogens with zero attached hydrogens (tertiary/aromatic N) is 2. The second-order valence-electron chi connectivity index (χ2n) is 5.08. The van der Waals surface area contributed by atoms with Gasteiger partial charge in [-0.05, 0) is 27.2 Å². The molecule has 2 heterocycles. The first-order valence-electron chi connectivity index (χ1n) is 7.00. The summed E-state index contributed by atoms with van der Waals surface area (Å²) in [4.78, 5) is 8.83. The van der Waals surface area contributed by atoms with Gasteiger partial charge in [0, 0.05) is 17.9 Å². The lowest BCUT2D eigenvalue weighted by Gasteiger charge is -2.32. The fourth-order valence-corrected chi connectivity index (χ4v) is 2.33. The largest absolute Gasteiger partial charge is 0.394 e. The molecular weight excluding hydrogens is 258 g/mol. The molecule has 1 aliphatic heterocycles. The molecule has 1 saturated heterocycles. The predicted octanol–water partition coefficient (Wildman–Crippen LogP) is 0.980. The lowest BCUT2D eigenvalue weighted by molar-refractivity contribution is -0.0643. The van der Waals surface area contributed by atoms with Gasteiger partial charge in [0.1, 0.15) is 17.7 Å². The average Bonchev–Trinajstić information content (AvgIpc) is 2.43. The van der Waals surface area contributed by atoms with Crippen molar-refractivity contribution in [2.75, 3.05) is 31.7 Å². The van der Waals surface area contributed by atoms with Crippen LogP contribution in [0.25, 0.3) is 0 Å². The summed E-state index contributed by atoms with van der Waals surface area (Å²) in [7, 11) is 0. The molecule has 6 heteroatoms. The van der Waals surface area contributed by atoms with E-state index in [1.165, 1.54) is 0 Å². The lowest BCUT2D eigenvalue weighted by Crippen LogP contribution is -2.44. The Labute approximate surface area is 119 Å². The maximum absolute atomic E-state index is 8.88. The maximum atomic E-state index is 8.88. The van der Waals surface area contributed by atoms with Crippen LogP contribution in [-0.4, -0.2) is 53.6 Å². The molecule has 112 valence electrons. The van der Waals surface area contributed by atoms with Gasteiger partial charge in [0.25, 0.3) is 0 Å². The van der Waals surface area contributed by atoms with E-state index in [2.05, 4.69) is 15.3 Å². The van der Waals surface area contributed by atoms with Gasteiger partial charge in [-0.3, -0.25) is 0 Å². The summed E-state index contributed by atoms with van der Waals surface area (Å²) in [6.07, 6.45) is 0.795. The molecule has 1 fully saturated rings. The number of rotatable bonds is 5. The second kappa shape index (κ2) is 6.97. The van der Waals surface area contributed by atoms with Crippen molar-refractivity contribution < 1.29 is 14.6 Å². The smallest absolute Gasteiger partial charge is 0.133 e. The molecule has 1 aromatic rings. The molecule has 0 bridgehead atoms. The van der Waals surface area contributed by atoms with Gasteiger partial charge >= 0.3 is 0 Å². The Balaban J connectivity index is 2.10. The molecule has 0 saturated carbocycles. The third-order valence-corrected chi connectivity index (χ3v) is 3.55. The van der Waals surface area contributed by atoms with Crippen LogP contribution in [0.2, 0.25) is 0 Å². The van der Waals surface area contributed by atoms with E-state index in [-0.39, 0.29) is 18.8 Å². The first-order chi connectivity index (χ1) is 9.61. The highest BCUT2D eigenvalue weighted by atomic mass is 16.5. The molecule has 20 heavy (non-hydrogen) atoms. The molecule has 0 amide bonds. The van der Waals surface area contributed by atoms with E-state index in [0.717, 1.165) is 29.3 Å². The number of aromatic nitrogens is 2. The zero-order valence-corrected chi connectivity index (χ0v) is 12.3. The van der Waals surface area contributed by atoms with Crippen molar-refractivity contribution in [3.05, 3.63) is 17.1 Å². The number of aliphatic hydroxyl groups is 1. The summed E-state index contributed by atoms with van der Waals surface area (Å²) in [6.45, 7) is 7.49. The molecule has 1 aromatic heterocycles. The lowest BCUT2D eigenvalue weighted by atomic mass is 10.1. The Hall–Kier alpha value is -1.24. The first kappa shape index (κ1) is 15.2. The Bertz CT molecular complexity index is 454. The summed E-state index contributed by atoms with van der Waals surface area (Å²) in [6, 6.07) is 0.141. The van der Waals surface area contributed by atoms with Crippen LogP contribution in [0.3, 0.4) is 0 Å². The van der Waals surface area contributed by atoms with Crippen molar-refractivity contribution in [2.24, 2.45) is 0 Å². The van der Waals surface area contributed by atoms with Gasteiger partial charge in [0.2, 0.25) is 0 Å². The molecule has 2 atom stereocenters. The van der Waals surface area contributed by atoms with Gasteiger partial charge in [-0.1, -0.05) is 0 Å². The van der Waals surface area contributed by atoms with Crippen LogP contribution < -0.4 is 5.32 Å². The van der Waals surface area contributed by atoms with Crippen molar-refractivity contribution in [2.45, 2.75) is 39.3 Å². The third kappa shape index (κ3) is 3.65. The minimum absolute atomic E-state index is 0.0218. The van der Waals surface area contributed by atoms with Crippen molar-refractivity contribution in [3.8, 4) is 0 Å². The van der Waals surface area contributed by atoms with Crippen LogP contribution in [0.4, 0.5) is 5.82 Å². The van der Waals surface area contributed by atoms with E-state index in [9.17, 15) is 0 Å². The highest BCUT2D eigenvalue weighted by Gasteiger charge is 2.27. The van der Waals surface area contributed by atoms with Crippen LogP contribution in [0.15, 0.2) is 0 Å². The Morgan fingerprint density at radius 2 is 2.15 bits per heavy atom. The van der Waals surface area contributed by atoms with Gasteiger partial charge in [-0.2, -0.15) is 0 Å². The fraction of sp³-hybridized carbons (Fsp3) is 0.714. The van der Waals surface area contributed by atoms with E-state index in [1.54, 1.807) is 0 Å². The number of nitrogens with one attached hydrogen (secondary N) is 1. The summed E-state index contributed by atoms with van der Waals surface area (Å²) in [5, 5.41) is 12.3. The SMILES string of the molecule is Cc1nc(C)c(C)c(N[C@@H]2CCOC[C@H]2OCCO)n1. The monoisotopic (exact) mass is 281 g/mol. The topological polar surface area (TPSA) is 76.5 Å². The summed E-state index contributed by atoms with van der Waals surface area (Å²) in [5.41, 5.74) is 2.04. The Morgan fingerprint density at radius 1 is 1.35 bits per heavy atom. The molecule has 0 unspecified atom stereocenters. The highest BCUT2D eigenvalue weighted by Crippen LogP contribution is 2.20. The third-order valence-electron chi connectivity index (χ3n) is 3.55. The van der Waals surface area contributed by atoms with Crippen LogP contribution in [0.1, 0.15) is 23.5 Å². The number of anilines is 1. The molecule has 0 spiro atoms. The number of hydrogen-bond donors (Lipinski definition) is 2. The van der Waals surface area contributed by atoms with Gasteiger partial charge in [-0.15, -0.1) is 0 Å². The molecule has 2 rings (SSSR count). The summed E-state index contributed by atoms with van der Waals surface area (Å²) < 4.78 is 11.1. The fourth-order valence-electron chi connectivity index (χ4n) is 2.33. The maximum Gasteiger partial charge on any atom is 0.133 e.